The number of carbonyl (C=O) groups excluding carboxylic acids is 1. The zero-order chi connectivity index (χ0) is 14.0. The highest BCUT2D eigenvalue weighted by Crippen LogP contribution is 2.40. The van der Waals surface area contributed by atoms with Crippen LogP contribution in [0.15, 0.2) is 18.2 Å². The molecule has 4 nitrogen and oxygen atoms in total. The van der Waals surface area contributed by atoms with Crippen molar-refractivity contribution in [2.45, 2.75) is 32.3 Å². The molecule has 1 aliphatic rings. The molecule has 0 bridgehead atoms. The number of rotatable bonds is 3. The summed E-state index contributed by atoms with van der Waals surface area (Å²) in [5.74, 6) is -0.479. The van der Waals surface area contributed by atoms with Gasteiger partial charge in [-0.25, -0.2) is 4.79 Å². The first-order valence-corrected chi connectivity index (χ1v) is 6.71. The fourth-order valence-electron chi connectivity index (χ4n) is 1.99. The van der Waals surface area contributed by atoms with Crippen LogP contribution in [-0.2, 0) is 19.0 Å². The largest absolute Gasteiger partial charge is 0.464 e. The first kappa shape index (κ1) is 14.6. The van der Waals surface area contributed by atoms with E-state index in [2.05, 4.69) is 0 Å². The minimum absolute atomic E-state index is 0.274. The van der Waals surface area contributed by atoms with E-state index in [0.717, 1.165) is 0 Å². The fraction of sp³-hybridized carbons (Fsp3) is 0.462. The average molecular weight is 305 g/mol. The van der Waals surface area contributed by atoms with Gasteiger partial charge in [0.05, 0.1) is 6.61 Å². The van der Waals surface area contributed by atoms with Crippen LogP contribution in [0, 0.1) is 0 Å². The molecule has 0 radical (unpaired) electrons. The Balaban J connectivity index is 2.33. The Morgan fingerprint density at radius 2 is 1.95 bits per heavy atom. The van der Waals surface area contributed by atoms with Gasteiger partial charge in [-0.15, -0.1) is 0 Å². The molecular weight excluding hydrogens is 291 g/mol. The van der Waals surface area contributed by atoms with E-state index in [0.29, 0.717) is 15.6 Å². The van der Waals surface area contributed by atoms with Crippen LogP contribution >= 0.6 is 23.2 Å². The molecule has 0 N–H and O–H groups in total. The number of hydrogen-bond donors (Lipinski definition) is 0. The third-order valence-electron chi connectivity index (χ3n) is 2.75. The Kier molecular flexibility index (Phi) is 4.68. The normalized spacial score (nSPS) is 26.4. The molecule has 0 aromatic heterocycles. The van der Waals surface area contributed by atoms with E-state index in [4.69, 9.17) is 37.4 Å². The van der Waals surface area contributed by atoms with Crippen molar-refractivity contribution in [1.82, 2.24) is 0 Å². The zero-order valence-corrected chi connectivity index (χ0v) is 12.1. The van der Waals surface area contributed by atoms with Gasteiger partial charge in [-0.2, -0.15) is 0 Å². The van der Waals surface area contributed by atoms with Gasteiger partial charge in [0.25, 0.3) is 0 Å². The quantitative estimate of drug-likeness (QED) is 0.803. The van der Waals surface area contributed by atoms with Gasteiger partial charge in [0.2, 0.25) is 0 Å². The van der Waals surface area contributed by atoms with Crippen molar-refractivity contribution in [2.75, 3.05) is 6.61 Å². The molecule has 1 heterocycles. The molecule has 0 spiro atoms. The van der Waals surface area contributed by atoms with Gasteiger partial charge in [0, 0.05) is 15.6 Å². The lowest BCUT2D eigenvalue weighted by molar-refractivity contribution is -0.156. The standard InChI is InChI=1S/C13H14Cl2O4/c1-3-17-13(16)12-11(18-7(2)19-12)10-8(14)5-4-6-9(10)15/h4-7,11-12H,3H2,1-2H3. The molecule has 1 aromatic rings. The van der Waals surface area contributed by atoms with E-state index in [1.807, 2.05) is 0 Å². The molecule has 0 saturated carbocycles. The van der Waals surface area contributed by atoms with Crippen LogP contribution in [0.25, 0.3) is 0 Å². The molecule has 19 heavy (non-hydrogen) atoms. The first-order chi connectivity index (χ1) is 9.04. The highest BCUT2D eigenvalue weighted by Gasteiger charge is 2.42. The maximum Gasteiger partial charge on any atom is 0.338 e. The van der Waals surface area contributed by atoms with Crippen molar-refractivity contribution >= 4 is 29.2 Å². The second-order valence-electron chi connectivity index (χ2n) is 4.07. The van der Waals surface area contributed by atoms with Crippen LogP contribution in [0.2, 0.25) is 10.0 Å². The minimum atomic E-state index is -0.854. The van der Waals surface area contributed by atoms with Crippen LogP contribution in [0.3, 0.4) is 0 Å². The van der Waals surface area contributed by atoms with Gasteiger partial charge < -0.3 is 14.2 Å². The molecular formula is C13H14Cl2O4. The van der Waals surface area contributed by atoms with Gasteiger partial charge >= 0.3 is 5.97 Å². The molecule has 1 saturated heterocycles. The molecule has 1 aliphatic heterocycles. The Morgan fingerprint density at radius 1 is 1.32 bits per heavy atom. The molecule has 3 atom stereocenters. The highest BCUT2D eigenvalue weighted by molar-refractivity contribution is 6.36. The fourth-order valence-corrected chi connectivity index (χ4v) is 2.61. The van der Waals surface area contributed by atoms with Crippen LogP contribution in [0.4, 0.5) is 0 Å². The lowest BCUT2D eigenvalue weighted by Crippen LogP contribution is -2.28. The van der Waals surface area contributed by atoms with Crippen molar-refractivity contribution in [3.63, 3.8) is 0 Å². The van der Waals surface area contributed by atoms with Crippen molar-refractivity contribution in [1.29, 1.82) is 0 Å². The van der Waals surface area contributed by atoms with Gasteiger partial charge in [-0.3, -0.25) is 0 Å². The van der Waals surface area contributed by atoms with E-state index in [1.165, 1.54) is 0 Å². The number of halogens is 2. The lowest BCUT2D eigenvalue weighted by atomic mass is 10.0. The number of ether oxygens (including phenoxy) is 3. The van der Waals surface area contributed by atoms with E-state index in [9.17, 15) is 4.79 Å². The van der Waals surface area contributed by atoms with Crippen LogP contribution in [0.1, 0.15) is 25.5 Å². The number of esters is 1. The molecule has 0 amide bonds. The summed E-state index contributed by atoms with van der Waals surface area (Å²) < 4.78 is 16.0. The van der Waals surface area contributed by atoms with Crippen molar-refractivity contribution in [2.24, 2.45) is 0 Å². The van der Waals surface area contributed by atoms with Crippen LogP contribution < -0.4 is 0 Å². The maximum atomic E-state index is 11.9. The van der Waals surface area contributed by atoms with Crippen LogP contribution in [0.5, 0.6) is 0 Å². The first-order valence-electron chi connectivity index (χ1n) is 5.96. The molecule has 3 unspecified atom stereocenters. The zero-order valence-electron chi connectivity index (χ0n) is 10.6. The second kappa shape index (κ2) is 6.09. The van der Waals surface area contributed by atoms with E-state index >= 15 is 0 Å². The summed E-state index contributed by atoms with van der Waals surface area (Å²) in [5.41, 5.74) is 0.549. The topological polar surface area (TPSA) is 44.8 Å². The molecule has 6 heteroatoms. The van der Waals surface area contributed by atoms with Gasteiger partial charge in [0.15, 0.2) is 12.4 Å². The summed E-state index contributed by atoms with van der Waals surface area (Å²) in [6.45, 7) is 3.71. The minimum Gasteiger partial charge on any atom is -0.464 e. The average Bonchev–Trinajstić information content (AvgIpc) is 2.71. The smallest absolute Gasteiger partial charge is 0.338 e. The highest BCUT2D eigenvalue weighted by atomic mass is 35.5. The summed E-state index contributed by atoms with van der Waals surface area (Å²) in [5, 5.41) is 0.869. The van der Waals surface area contributed by atoms with E-state index in [-0.39, 0.29) is 6.61 Å². The van der Waals surface area contributed by atoms with E-state index in [1.54, 1.807) is 32.0 Å². The molecule has 0 aliphatic carbocycles. The lowest BCUT2D eigenvalue weighted by Gasteiger charge is -2.18. The molecule has 2 rings (SSSR count). The van der Waals surface area contributed by atoms with Crippen molar-refractivity contribution in [3.05, 3.63) is 33.8 Å². The Bertz CT molecular complexity index is 457. The third kappa shape index (κ3) is 3.03. The predicted molar refractivity (Wildman–Crippen MR) is 71.3 cm³/mol. The summed E-state index contributed by atoms with van der Waals surface area (Å²) in [7, 11) is 0. The van der Waals surface area contributed by atoms with Crippen molar-refractivity contribution < 1.29 is 19.0 Å². The third-order valence-corrected chi connectivity index (χ3v) is 3.41. The van der Waals surface area contributed by atoms with Gasteiger partial charge in [-0.1, -0.05) is 29.3 Å². The summed E-state index contributed by atoms with van der Waals surface area (Å²) in [6, 6.07) is 5.11. The Hall–Kier alpha value is -0.810. The van der Waals surface area contributed by atoms with Crippen molar-refractivity contribution in [3.8, 4) is 0 Å². The summed E-state index contributed by atoms with van der Waals surface area (Å²) in [4.78, 5) is 11.9. The SMILES string of the molecule is CCOC(=O)C1OC(C)OC1c1c(Cl)cccc1Cl. The predicted octanol–water partition coefficient (Wildman–Crippen LogP) is 3.36. The Labute approximate surface area is 121 Å². The van der Waals surface area contributed by atoms with Crippen LogP contribution in [-0.4, -0.2) is 25.0 Å². The molecule has 1 aromatic carbocycles. The van der Waals surface area contributed by atoms with Gasteiger partial charge in [0.1, 0.15) is 6.10 Å². The van der Waals surface area contributed by atoms with E-state index < -0.39 is 24.5 Å². The molecule has 104 valence electrons. The number of carbonyl (C=O) groups is 1. The number of benzene rings is 1. The maximum absolute atomic E-state index is 11.9. The monoisotopic (exact) mass is 304 g/mol. The number of hydrogen-bond acceptors (Lipinski definition) is 4. The van der Waals surface area contributed by atoms with Gasteiger partial charge in [-0.05, 0) is 26.0 Å². The summed E-state index contributed by atoms with van der Waals surface area (Å²) >= 11 is 12.3. The Morgan fingerprint density at radius 3 is 2.53 bits per heavy atom. The second-order valence-corrected chi connectivity index (χ2v) is 4.88. The molecule has 1 fully saturated rings. The summed E-state index contributed by atoms with van der Waals surface area (Å²) in [6.07, 6.45) is -2.03.